The second-order valence-corrected chi connectivity index (χ2v) is 8.78. The largest absolute Gasteiger partial charge is 0.368 e. The number of hydrogen-bond acceptors (Lipinski definition) is 5. The van der Waals surface area contributed by atoms with Crippen molar-refractivity contribution in [2.75, 3.05) is 37.6 Å². The number of aromatic nitrogens is 2. The number of carbonyl (C=O) groups is 2. The molecule has 1 aliphatic heterocycles. The summed E-state index contributed by atoms with van der Waals surface area (Å²) in [7, 11) is 0. The zero-order valence-electron chi connectivity index (χ0n) is 19.0. The van der Waals surface area contributed by atoms with Crippen LogP contribution in [0.2, 0.25) is 5.02 Å². The molecule has 0 spiro atoms. The Hall–Kier alpha value is -3.97. The highest BCUT2D eigenvalue weighted by Gasteiger charge is 2.22. The van der Waals surface area contributed by atoms with E-state index in [9.17, 15) is 9.59 Å². The van der Waals surface area contributed by atoms with Crippen LogP contribution in [0.4, 0.5) is 5.69 Å². The molecule has 7 nitrogen and oxygen atoms in total. The number of rotatable bonds is 5. The van der Waals surface area contributed by atoms with E-state index < -0.39 is 0 Å². The number of pyridine rings is 2. The fraction of sp³-hybridized carbons (Fsp3) is 0.185. The van der Waals surface area contributed by atoms with Crippen LogP contribution >= 0.6 is 11.6 Å². The number of benzene rings is 2. The Kier molecular flexibility index (Phi) is 6.59. The highest BCUT2D eigenvalue weighted by atomic mass is 35.5. The number of piperazine rings is 1. The van der Waals surface area contributed by atoms with Gasteiger partial charge in [0.25, 0.3) is 5.91 Å². The van der Waals surface area contributed by atoms with E-state index in [4.69, 9.17) is 11.6 Å². The van der Waals surface area contributed by atoms with Crippen molar-refractivity contribution in [2.24, 2.45) is 0 Å². The molecule has 8 heteroatoms. The van der Waals surface area contributed by atoms with Crippen LogP contribution in [0.3, 0.4) is 0 Å². The van der Waals surface area contributed by atoms with Crippen molar-refractivity contribution in [3.8, 4) is 11.3 Å². The van der Waals surface area contributed by atoms with Gasteiger partial charge in [0.15, 0.2) is 0 Å². The number of anilines is 1. The molecular weight excluding hydrogens is 462 g/mol. The Bertz CT molecular complexity index is 1350. The maximum Gasteiger partial charge on any atom is 0.252 e. The van der Waals surface area contributed by atoms with E-state index in [0.29, 0.717) is 34.9 Å². The Balaban J connectivity index is 1.25. The van der Waals surface area contributed by atoms with Gasteiger partial charge in [-0.3, -0.25) is 14.6 Å². The summed E-state index contributed by atoms with van der Waals surface area (Å²) in [6.07, 6.45) is 3.41. The van der Waals surface area contributed by atoms with Crippen molar-refractivity contribution in [3.05, 3.63) is 89.7 Å². The molecule has 5 rings (SSSR count). The molecule has 176 valence electrons. The molecule has 1 aliphatic rings. The van der Waals surface area contributed by atoms with E-state index in [-0.39, 0.29) is 18.4 Å². The molecule has 1 fully saturated rings. The summed E-state index contributed by atoms with van der Waals surface area (Å²) < 4.78 is 0. The number of para-hydroxylation sites is 1. The summed E-state index contributed by atoms with van der Waals surface area (Å²) in [4.78, 5) is 38.8. The molecule has 0 bridgehead atoms. The van der Waals surface area contributed by atoms with Gasteiger partial charge in [-0.25, -0.2) is 4.98 Å². The van der Waals surface area contributed by atoms with E-state index in [1.54, 1.807) is 23.4 Å². The van der Waals surface area contributed by atoms with Crippen molar-refractivity contribution < 1.29 is 9.59 Å². The number of fused-ring (bicyclic) bond motifs is 1. The van der Waals surface area contributed by atoms with Crippen LogP contribution in [0.25, 0.3) is 22.2 Å². The summed E-state index contributed by atoms with van der Waals surface area (Å²) in [6, 6.07) is 20.7. The molecule has 3 heterocycles. The Morgan fingerprint density at radius 2 is 1.71 bits per heavy atom. The van der Waals surface area contributed by atoms with Gasteiger partial charge in [-0.1, -0.05) is 29.8 Å². The lowest BCUT2D eigenvalue weighted by molar-refractivity contribution is -0.130. The molecule has 0 saturated carbocycles. The highest BCUT2D eigenvalue weighted by Crippen LogP contribution is 2.24. The number of carbonyl (C=O) groups excluding carboxylic acids is 2. The van der Waals surface area contributed by atoms with Crippen LogP contribution in [0.1, 0.15) is 10.4 Å². The van der Waals surface area contributed by atoms with Gasteiger partial charge >= 0.3 is 0 Å². The normalized spacial score (nSPS) is 13.6. The van der Waals surface area contributed by atoms with Crippen molar-refractivity contribution in [3.63, 3.8) is 0 Å². The fourth-order valence-corrected chi connectivity index (χ4v) is 4.38. The van der Waals surface area contributed by atoms with Gasteiger partial charge in [0.2, 0.25) is 5.91 Å². The lowest BCUT2D eigenvalue weighted by atomic mass is 10.0. The Labute approximate surface area is 208 Å². The first-order valence-corrected chi connectivity index (χ1v) is 11.8. The number of halogens is 1. The second kappa shape index (κ2) is 10.1. The topological polar surface area (TPSA) is 78.4 Å². The SMILES string of the molecule is O=C(NCC(=O)N1CCN(c2ccc(Cl)cc2)CC1)c1cc(-c2cccnc2)nc2ccccc12. The first kappa shape index (κ1) is 22.8. The number of amides is 2. The highest BCUT2D eigenvalue weighted by molar-refractivity contribution is 6.30. The minimum absolute atomic E-state index is 0.0569. The first-order valence-electron chi connectivity index (χ1n) is 11.5. The molecule has 0 aliphatic carbocycles. The van der Waals surface area contributed by atoms with Crippen molar-refractivity contribution in [2.45, 2.75) is 0 Å². The Morgan fingerprint density at radius 3 is 2.46 bits per heavy atom. The van der Waals surface area contributed by atoms with Crippen LogP contribution in [-0.2, 0) is 4.79 Å². The minimum Gasteiger partial charge on any atom is -0.368 e. The van der Waals surface area contributed by atoms with Gasteiger partial charge in [0.1, 0.15) is 0 Å². The van der Waals surface area contributed by atoms with Gasteiger partial charge in [-0.15, -0.1) is 0 Å². The summed E-state index contributed by atoms with van der Waals surface area (Å²) >= 11 is 5.98. The maximum atomic E-state index is 13.1. The average molecular weight is 486 g/mol. The number of nitrogens with zero attached hydrogens (tertiary/aromatic N) is 4. The maximum absolute atomic E-state index is 13.1. The fourth-order valence-electron chi connectivity index (χ4n) is 4.25. The van der Waals surface area contributed by atoms with Crippen molar-refractivity contribution in [1.29, 1.82) is 0 Å². The smallest absolute Gasteiger partial charge is 0.252 e. The molecule has 2 aromatic heterocycles. The third-order valence-electron chi connectivity index (χ3n) is 6.14. The lowest BCUT2D eigenvalue weighted by Gasteiger charge is -2.36. The number of hydrogen-bond donors (Lipinski definition) is 1. The van der Waals surface area contributed by atoms with Gasteiger partial charge in [-0.05, 0) is 48.5 Å². The van der Waals surface area contributed by atoms with E-state index in [0.717, 1.165) is 29.7 Å². The minimum atomic E-state index is -0.304. The van der Waals surface area contributed by atoms with Crippen LogP contribution < -0.4 is 10.2 Å². The standard InChI is InChI=1S/C27H24ClN5O2/c28-20-7-9-21(10-8-20)32-12-14-33(15-13-32)26(34)18-30-27(35)23-16-25(19-4-3-11-29-17-19)31-24-6-2-1-5-22(23)24/h1-11,16-17H,12-15,18H2,(H,30,35). The zero-order valence-corrected chi connectivity index (χ0v) is 19.8. The molecule has 1 N–H and O–H groups in total. The molecule has 0 radical (unpaired) electrons. The summed E-state index contributed by atoms with van der Waals surface area (Å²) in [6.45, 7) is 2.59. The van der Waals surface area contributed by atoms with Crippen molar-refractivity contribution in [1.82, 2.24) is 20.2 Å². The third-order valence-corrected chi connectivity index (χ3v) is 6.39. The van der Waals surface area contributed by atoms with E-state index in [1.807, 2.05) is 60.7 Å². The zero-order chi connectivity index (χ0) is 24.2. The summed E-state index contributed by atoms with van der Waals surface area (Å²) in [5, 5.41) is 4.25. The van der Waals surface area contributed by atoms with Crippen LogP contribution in [-0.4, -0.2) is 59.4 Å². The van der Waals surface area contributed by atoms with Crippen LogP contribution in [0, 0.1) is 0 Å². The quantitative estimate of drug-likeness (QED) is 0.462. The lowest BCUT2D eigenvalue weighted by Crippen LogP contribution is -2.51. The van der Waals surface area contributed by atoms with Gasteiger partial charge in [-0.2, -0.15) is 0 Å². The molecule has 2 amide bonds. The second-order valence-electron chi connectivity index (χ2n) is 8.34. The molecule has 1 saturated heterocycles. The van der Waals surface area contributed by atoms with Gasteiger partial charge < -0.3 is 15.1 Å². The van der Waals surface area contributed by atoms with E-state index >= 15 is 0 Å². The first-order chi connectivity index (χ1) is 17.1. The molecule has 0 unspecified atom stereocenters. The molecule has 35 heavy (non-hydrogen) atoms. The van der Waals surface area contributed by atoms with Gasteiger partial charge in [0, 0.05) is 60.2 Å². The third kappa shape index (κ3) is 5.10. The van der Waals surface area contributed by atoms with Crippen LogP contribution in [0.15, 0.2) is 79.1 Å². The Morgan fingerprint density at radius 1 is 0.943 bits per heavy atom. The molecule has 2 aromatic carbocycles. The van der Waals surface area contributed by atoms with E-state index in [1.165, 1.54) is 0 Å². The molecule has 4 aromatic rings. The van der Waals surface area contributed by atoms with Crippen molar-refractivity contribution >= 4 is 40.0 Å². The monoisotopic (exact) mass is 485 g/mol. The van der Waals surface area contributed by atoms with E-state index in [2.05, 4.69) is 20.2 Å². The van der Waals surface area contributed by atoms with Crippen LogP contribution in [0.5, 0.6) is 0 Å². The predicted molar refractivity (Wildman–Crippen MR) is 138 cm³/mol. The summed E-state index contributed by atoms with van der Waals surface area (Å²) in [5.74, 6) is -0.401. The predicted octanol–water partition coefficient (Wildman–Crippen LogP) is 4.03. The molecular formula is C27H24ClN5O2. The molecule has 0 atom stereocenters. The summed E-state index contributed by atoms with van der Waals surface area (Å²) in [5.41, 5.74) is 3.76. The number of nitrogens with one attached hydrogen (secondary N) is 1. The van der Waals surface area contributed by atoms with Gasteiger partial charge in [0.05, 0.1) is 23.3 Å². The average Bonchev–Trinajstić information content (AvgIpc) is 2.92.